The molecule has 0 aromatic heterocycles. The molecular weight excluding hydrogens is 368 g/mol. The molecule has 1 amide bonds. The van der Waals surface area contributed by atoms with Crippen LogP contribution in [0.4, 0.5) is 5.69 Å². The molecule has 0 radical (unpaired) electrons. The lowest BCUT2D eigenvalue weighted by molar-refractivity contribution is -0.115. The Kier molecular flexibility index (Phi) is 6.02. The van der Waals surface area contributed by atoms with E-state index in [4.69, 9.17) is 5.11 Å². The van der Waals surface area contributed by atoms with E-state index in [2.05, 4.69) is 10.0 Å². The molecule has 2 aromatic rings. The minimum absolute atomic E-state index is 0.0294. The van der Waals surface area contributed by atoms with E-state index >= 15 is 0 Å². The second kappa shape index (κ2) is 7.89. The summed E-state index contributed by atoms with van der Waals surface area (Å²) in [6, 6.07) is 12.0. The van der Waals surface area contributed by atoms with Gasteiger partial charge in [0, 0.05) is 11.2 Å². The third kappa shape index (κ3) is 6.19. The molecule has 0 aliphatic rings. The van der Waals surface area contributed by atoms with Gasteiger partial charge in [0.2, 0.25) is 15.9 Å². The highest BCUT2D eigenvalue weighted by Gasteiger charge is 2.22. The molecule has 7 nitrogen and oxygen atoms in total. The Bertz CT molecular complexity index is 962. The van der Waals surface area contributed by atoms with Crippen LogP contribution < -0.4 is 10.0 Å². The highest BCUT2D eigenvalue weighted by atomic mass is 32.2. The van der Waals surface area contributed by atoms with Crippen LogP contribution >= 0.6 is 0 Å². The van der Waals surface area contributed by atoms with Crippen molar-refractivity contribution in [2.45, 2.75) is 37.6 Å². The van der Waals surface area contributed by atoms with Gasteiger partial charge < -0.3 is 10.4 Å². The normalized spacial score (nSPS) is 11.8. The molecule has 0 aliphatic heterocycles. The average Bonchev–Trinajstić information content (AvgIpc) is 2.53. The van der Waals surface area contributed by atoms with Crippen molar-refractivity contribution in [1.82, 2.24) is 4.72 Å². The van der Waals surface area contributed by atoms with Crippen LogP contribution in [0.2, 0.25) is 0 Å². The van der Waals surface area contributed by atoms with Crippen molar-refractivity contribution < 1.29 is 23.1 Å². The topological polar surface area (TPSA) is 113 Å². The lowest BCUT2D eigenvalue weighted by Crippen LogP contribution is -2.40. The van der Waals surface area contributed by atoms with Crippen LogP contribution in [-0.4, -0.2) is 30.9 Å². The number of benzene rings is 2. The number of carbonyl (C=O) groups excluding carboxylic acids is 1. The van der Waals surface area contributed by atoms with Gasteiger partial charge in [-0.15, -0.1) is 0 Å². The van der Waals surface area contributed by atoms with Gasteiger partial charge >= 0.3 is 5.97 Å². The van der Waals surface area contributed by atoms with Crippen molar-refractivity contribution in [3.05, 3.63) is 59.7 Å². The summed E-state index contributed by atoms with van der Waals surface area (Å²) >= 11 is 0. The Balaban J connectivity index is 2.13. The van der Waals surface area contributed by atoms with Gasteiger partial charge in [0.25, 0.3) is 0 Å². The van der Waals surface area contributed by atoms with Crippen molar-refractivity contribution in [2.75, 3.05) is 5.32 Å². The molecule has 0 saturated heterocycles. The Labute approximate surface area is 158 Å². The highest BCUT2D eigenvalue weighted by Crippen LogP contribution is 2.18. The number of anilines is 1. The van der Waals surface area contributed by atoms with Crippen molar-refractivity contribution in [2.24, 2.45) is 0 Å². The van der Waals surface area contributed by atoms with Crippen LogP contribution in [0.3, 0.4) is 0 Å². The number of rotatable bonds is 6. The molecule has 0 aliphatic carbocycles. The number of amides is 1. The fourth-order valence-corrected chi connectivity index (χ4v) is 3.87. The molecule has 144 valence electrons. The van der Waals surface area contributed by atoms with Crippen molar-refractivity contribution in [3.63, 3.8) is 0 Å². The van der Waals surface area contributed by atoms with Crippen LogP contribution in [0.15, 0.2) is 53.4 Å². The molecule has 2 aromatic carbocycles. The van der Waals surface area contributed by atoms with Gasteiger partial charge in [-0.1, -0.05) is 18.2 Å². The maximum absolute atomic E-state index is 12.4. The smallest absolute Gasteiger partial charge is 0.335 e. The molecule has 2 rings (SSSR count). The number of nitrogens with one attached hydrogen (secondary N) is 2. The standard InChI is InChI=1S/C19H22N2O5S/c1-19(2,3)21-27(25,26)16-9-5-8-15(12-16)20-17(22)11-13-6-4-7-14(10-13)18(23)24/h4-10,12,21H,11H2,1-3H3,(H,20,22)(H,23,24). The number of hydrogen-bond acceptors (Lipinski definition) is 4. The molecule has 0 unspecified atom stereocenters. The fraction of sp³-hybridized carbons (Fsp3) is 0.263. The van der Waals surface area contributed by atoms with E-state index < -0.39 is 21.5 Å². The molecule has 27 heavy (non-hydrogen) atoms. The molecule has 8 heteroatoms. The first-order valence-corrected chi connectivity index (χ1v) is 9.71. The van der Waals surface area contributed by atoms with Crippen molar-refractivity contribution in [1.29, 1.82) is 0 Å². The Morgan fingerprint density at radius 3 is 2.33 bits per heavy atom. The predicted molar refractivity (Wildman–Crippen MR) is 102 cm³/mol. The van der Waals surface area contributed by atoms with Gasteiger partial charge in [0.05, 0.1) is 16.9 Å². The zero-order chi connectivity index (χ0) is 20.2. The van der Waals surface area contributed by atoms with E-state index in [-0.39, 0.29) is 22.8 Å². The number of carboxylic acid groups (broad SMARTS) is 1. The largest absolute Gasteiger partial charge is 0.478 e. The monoisotopic (exact) mass is 390 g/mol. The van der Waals surface area contributed by atoms with E-state index in [0.29, 0.717) is 11.3 Å². The van der Waals surface area contributed by atoms with Crippen LogP contribution in [0, 0.1) is 0 Å². The quantitative estimate of drug-likeness (QED) is 0.702. The van der Waals surface area contributed by atoms with Crippen molar-refractivity contribution in [3.8, 4) is 0 Å². The van der Waals surface area contributed by atoms with Crippen LogP contribution in [0.25, 0.3) is 0 Å². The summed E-state index contributed by atoms with van der Waals surface area (Å²) in [5, 5.41) is 11.6. The SMILES string of the molecule is CC(C)(C)NS(=O)(=O)c1cccc(NC(=O)Cc2cccc(C(=O)O)c2)c1. The van der Waals surface area contributed by atoms with Gasteiger partial charge in [-0.05, 0) is 56.7 Å². The van der Waals surface area contributed by atoms with E-state index in [0.717, 1.165) is 0 Å². The lowest BCUT2D eigenvalue weighted by Gasteiger charge is -2.20. The molecule has 0 spiro atoms. The zero-order valence-corrected chi connectivity index (χ0v) is 16.1. The average molecular weight is 390 g/mol. The Morgan fingerprint density at radius 2 is 1.70 bits per heavy atom. The number of carbonyl (C=O) groups is 2. The molecule has 0 heterocycles. The van der Waals surface area contributed by atoms with E-state index in [1.807, 2.05) is 0 Å². The Morgan fingerprint density at radius 1 is 1.04 bits per heavy atom. The first-order valence-electron chi connectivity index (χ1n) is 8.22. The van der Waals surface area contributed by atoms with Crippen LogP contribution in [-0.2, 0) is 21.2 Å². The zero-order valence-electron chi connectivity index (χ0n) is 15.3. The number of sulfonamides is 1. The maximum atomic E-state index is 12.4. The van der Waals surface area contributed by atoms with Crippen LogP contribution in [0.1, 0.15) is 36.7 Å². The summed E-state index contributed by atoms with van der Waals surface area (Å²) in [4.78, 5) is 23.3. The summed E-state index contributed by atoms with van der Waals surface area (Å²) in [5.74, 6) is -1.45. The summed E-state index contributed by atoms with van der Waals surface area (Å²) in [6.07, 6.45) is -0.0294. The molecule has 3 N–H and O–H groups in total. The Hall–Kier alpha value is -2.71. The fourth-order valence-electron chi connectivity index (χ4n) is 2.41. The molecule has 0 atom stereocenters. The molecule has 0 bridgehead atoms. The third-order valence-corrected chi connectivity index (χ3v) is 5.16. The van der Waals surface area contributed by atoms with Gasteiger partial charge in [0.1, 0.15) is 0 Å². The van der Waals surface area contributed by atoms with Gasteiger partial charge in [-0.3, -0.25) is 4.79 Å². The minimum atomic E-state index is -3.72. The summed E-state index contributed by atoms with van der Waals surface area (Å²) < 4.78 is 27.4. The van der Waals surface area contributed by atoms with E-state index in [1.54, 1.807) is 39.0 Å². The van der Waals surface area contributed by atoms with Crippen LogP contribution in [0.5, 0.6) is 0 Å². The van der Waals surface area contributed by atoms with Gasteiger partial charge in [0.15, 0.2) is 0 Å². The second-order valence-corrected chi connectivity index (χ2v) is 8.80. The number of aromatic carboxylic acids is 1. The van der Waals surface area contributed by atoms with Crippen molar-refractivity contribution >= 4 is 27.6 Å². The number of hydrogen-bond donors (Lipinski definition) is 3. The lowest BCUT2D eigenvalue weighted by atomic mass is 10.1. The summed E-state index contributed by atoms with van der Waals surface area (Å²) in [7, 11) is -3.72. The highest BCUT2D eigenvalue weighted by molar-refractivity contribution is 7.89. The maximum Gasteiger partial charge on any atom is 0.335 e. The predicted octanol–water partition coefficient (Wildman–Crippen LogP) is 2.64. The van der Waals surface area contributed by atoms with Gasteiger partial charge in [-0.2, -0.15) is 0 Å². The molecular formula is C19H22N2O5S. The first kappa shape index (κ1) is 20.6. The van der Waals surface area contributed by atoms with Gasteiger partial charge in [-0.25, -0.2) is 17.9 Å². The minimum Gasteiger partial charge on any atom is -0.478 e. The molecule has 0 fully saturated rings. The van der Waals surface area contributed by atoms with E-state index in [9.17, 15) is 18.0 Å². The third-order valence-electron chi connectivity index (χ3n) is 3.41. The molecule has 0 saturated carbocycles. The summed E-state index contributed by atoms with van der Waals surface area (Å²) in [5.41, 5.74) is 0.353. The number of carboxylic acids is 1. The first-order chi connectivity index (χ1) is 12.5. The summed E-state index contributed by atoms with van der Waals surface area (Å²) in [6.45, 7) is 5.21. The second-order valence-electron chi connectivity index (χ2n) is 7.11. The van der Waals surface area contributed by atoms with E-state index in [1.165, 1.54) is 30.3 Å².